The van der Waals surface area contributed by atoms with Gasteiger partial charge in [-0.3, -0.25) is 0 Å². The van der Waals surface area contributed by atoms with E-state index < -0.39 is 6.23 Å². The zero-order valence-corrected chi connectivity index (χ0v) is 17.3. The Bertz CT molecular complexity index is 1150. The van der Waals surface area contributed by atoms with Gasteiger partial charge >= 0.3 is 0 Å². The number of halogens is 1. The van der Waals surface area contributed by atoms with Crippen molar-refractivity contribution in [2.24, 2.45) is 0 Å². The summed E-state index contributed by atoms with van der Waals surface area (Å²) in [6.07, 6.45) is 1.62. The first-order valence-electron chi connectivity index (χ1n) is 10.3. The maximum absolute atomic E-state index is 14.0. The summed E-state index contributed by atoms with van der Waals surface area (Å²) in [6, 6.07) is 20.1. The molecule has 2 heterocycles. The monoisotopic (exact) mass is 418 g/mol. The molecular formula is C25H23FN2O3. The molecule has 3 aromatic rings. The topological polar surface area (TPSA) is 43.0 Å². The van der Waals surface area contributed by atoms with E-state index in [1.807, 2.05) is 60.5 Å². The highest BCUT2D eigenvalue weighted by Gasteiger charge is 2.41. The molecule has 0 amide bonds. The van der Waals surface area contributed by atoms with Crippen molar-refractivity contribution in [3.63, 3.8) is 0 Å². The summed E-state index contributed by atoms with van der Waals surface area (Å²) in [4.78, 5) is 0. The SMILES string of the molecule is CCOc1cccc2c1OC(c1cccc(F)c1)N1NC(c3cccc(OC)c3)=CC21. The van der Waals surface area contributed by atoms with E-state index in [9.17, 15) is 4.39 Å². The Morgan fingerprint density at radius 2 is 1.90 bits per heavy atom. The minimum atomic E-state index is -0.533. The summed E-state index contributed by atoms with van der Waals surface area (Å²) >= 11 is 0. The van der Waals surface area contributed by atoms with Crippen LogP contribution in [0, 0.1) is 5.82 Å². The van der Waals surface area contributed by atoms with Gasteiger partial charge in [0.15, 0.2) is 17.7 Å². The van der Waals surface area contributed by atoms with E-state index in [1.165, 1.54) is 12.1 Å². The van der Waals surface area contributed by atoms with Gasteiger partial charge in [-0.15, -0.1) is 0 Å². The van der Waals surface area contributed by atoms with Crippen molar-refractivity contribution < 1.29 is 18.6 Å². The zero-order chi connectivity index (χ0) is 21.4. The maximum atomic E-state index is 14.0. The van der Waals surface area contributed by atoms with E-state index in [2.05, 4.69) is 11.5 Å². The maximum Gasteiger partial charge on any atom is 0.196 e. The van der Waals surface area contributed by atoms with Crippen molar-refractivity contribution in [3.8, 4) is 17.2 Å². The molecule has 0 spiro atoms. The number of benzene rings is 3. The van der Waals surface area contributed by atoms with E-state index in [4.69, 9.17) is 14.2 Å². The predicted octanol–water partition coefficient (Wildman–Crippen LogP) is 5.23. The number of nitrogens with one attached hydrogen (secondary N) is 1. The molecule has 0 bridgehead atoms. The second-order valence-corrected chi connectivity index (χ2v) is 7.41. The van der Waals surface area contributed by atoms with E-state index in [0.717, 1.165) is 28.1 Å². The summed E-state index contributed by atoms with van der Waals surface area (Å²) in [5, 5.41) is 2.00. The number of nitrogens with zero attached hydrogens (tertiary/aromatic N) is 1. The molecule has 5 nitrogen and oxygen atoms in total. The Hall–Kier alpha value is -3.51. The molecule has 2 aliphatic heterocycles. The fourth-order valence-corrected chi connectivity index (χ4v) is 4.10. The first kappa shape index (κ1) is 19.5. The Morgan fingerprint density at radius 3 is 2.71 bits per heavy atom. The normalized spacial score (nSPS) is 19.5. The predicted molar refractivity (Wildman–Crippen MR) is 116 cm³/mol. The number of methoxy groups -OCH3 is 1. The van der Waals surface area contributed by atoms with Gasteiger partial charge in [-0.1, -0.05) is 36.4 Å². The number of ether oxygens (including phenoxy) is 3. The summed E-state index contributed by atoms with van der Waals surface area (Å²) in [7, 11) is 1.65. The number of hydrogen-bond acceptors (Lipinski definition) is 5. The summed E-state index contributed by atoms with van der Waals surface area (Å²) < 4.78 is 31.7. The van der Waals surface area contributed by atoms with Crippen LogP contribution in [0.15, 0.2) is 72.8 Å². The molecule has 2 atom stereocenters. The molecule has 0 radical (unpaired) electrons. The van der Waals surface area contributed by atoms with E-state index in [-0.39, 0.29) is 11.9 Å². The smallest absolute Gasteiger partial charge is 0.196 e. The highest BCUT2D eigenvalue weighted by molar-refractivity contribution is 5.69. The average molecular weight is 418 g/mol. The number of hydrogen-bond donors (Lipinski definition) is 1. The summed E-state index contributed by atoms with van der Waals surface area (Å²) in [5.41, 5.74) is 7.11. The van der Waals surface area contributed by atoms with E-state index >= 15 is 0 Å². The summed E-state index contributed by atoms with van der Waals surface area (Å²) in [6.45, 7) is 2.47. The minimum Gasteiger partial charge on any atom is -0.497 e. The Balaban J connectivity index is 1.61. The Labute approximate surface area is 180 Å². The molecule has 0 fully saturated rings. The molecule has 1 N–H and O–H groups in total. The van der Waals surface area contributed by atoms with Gasteiger partial charge in [0, 0.05) is 16.7 Å². The van der Waals surface area contributed by atoms with Crippen LogP contribution >= 0.6 is 0 Å². The standard InChI is InChI=1S/C25H23FN2O3/c1-3-30-23-12-6-11-20-22-15-21(16-7-5-10-19(14-16)29-2)27-28(22)25(31-24(20)23)17-8-4-9-18(26)13-17/h4-15,22,25,27H,3H2,1-2H3. The van der Waals surface area contributed by atoms with Crippen molar-refractivity contribution in [2.75, 3.05) is 13.7 Å². The van der Waals surface area contributed by atoms with Crippen molar-refractivity contribution in [1.29, 1.82) is 0 Å². The quantitative estimate of drug-likeness (QED) is 0.615. The molecule has 2 unspecified atom stereocenters. The van der Waals surface area contributed by atoms with Crippen molar-refractivity contribution in [2.45, 2.75) is 19.2 Å². The van der Waals surface area contributed by atoms with E-state index in [0.29, 0.717) is 18.1 Å². The lowest BCUT2D eigenvalue weighted by Gasteiger charge is -2.39. The molecular weight excluding hydrogens is 395 g/mol. The first-order chi connectivity index (χ1) is 15.2. The van der Waals surface area contributed by atoms with E-state index in [1.54, 1.807) is 13.2 Å². The molecule has 0 saturated heterocycles. The molecule has 158 valence electrons. The lowest BCUT2D eigenvalue weighted by atomic mass is 10.00. The lowest BCUT2D eigenvalue weighted by molar-refractivity contribution is -0.0347. The largest absolute Gasteiger partial charge is 0.497 e. The van der Waals surface area contributed by atoms with Crippen LogP contribution in [0.5, 0.6) is 17.2 Å². The first-order valence-corrected chi connectivity index (χ1v) is 10.3. The molecule has 5 rings (SSSR count). The highest BCUT2D eigenvalue weighted by atomic mass is 19.1. The van der Waals surface area contributed by atoms with Crippen LogP contribution in [-0.2, 0) is 0 Å². The van der Waals surface area contributed by atoms with Gasteiger partial charge < -0.3 is 19.6 Å². The number of rotatable bonds is 5. The Morgan fingerprint density at radius 1 is 1.06 bits per heavy atom. The summed E-state index contributed by atoms with van der Waals surface area (Å²) in [5.74, 6) is 1.85. The fraction of sp³-hybridized carbons (Fsp3) is 0.200. The van der Waals surface area contributed by atoms with Gasteiger partial charge in [0.25, 0.3) is 0 Å². The van der Waals surface area contributed by atoms with Crippen LogP contribution in [0.2, 0.25) is 0 Å². The number of fused-ring (bicyclic) bond motifs is 3. The van der Waals surface area contributed by atoms with Gasteiger partial charge in [0.2, 0.25) is 0 Å². The fourth-order valence-electron chi connectivity index (χ4n) is 4.10. The second-order valence-electron chi connectivity index (χ2n) is 7.41. The van der Waals surface area contributed by atoms with Crippen molar-refractivity contribution in [3.05, 3.63) is 95.3 Å². The Kier molecular flexibility index (Phi) is 5.00. The van der Waals surface area contributed by atoms with Gasteiger partial charge in [-0.05, 0) is 43.3 Å². The molecule has 2 aliphatic rings. The van der Waals surface area contributed by atoms with Crippen molar-refractivity contribution >= 4 is 5.70 Å². The highest BCUT2D eigenvalue weighted by Crippen LogP contribution is 2.49. The molecule has 6 heteroatoms. The van der Waals surface area contributed by atoms with Crippen LogP contribution in [-0.4, -0.2) is 18.7 Å². The van der Waals surface area contributed by atoms with Crippen molar-refractivity contribution in [1.82, 2.24) is 10.4 Å². The van der Waals surface area contributed by atoms with Crippen LogP contribution in [0.25, 0.3) is 5.70 Å². The van der Waals surface area contributed by atoms with Gasteiger partial charge in [0.05, 0.1) is 25.5 Å². The van der Waals surface area contributed by atoms with Crippen LogP contribution < -0.4 is 19.6 Å². The molecule has 0 aromatic heterocycles. The second kappa shape index (κ2) is 7.96. The van der Waals surface area contributed by atoms with Crippen LogP contribution in [0.1, 0.15) is 35.9 Å². The molecule has 0 aliphatic carbocycles. The zero-order valence-electron chi connectivity index (χ0n) is 17.3. The molecule has 31 heavy (non-hydrogen) atoms. The lowest BCUT2D eigenvalue weighted by Crippen LogP contribution is -2.43. The molecule has 3 aromatic carbocycles. The molecule has 0 saturated carbocycles. The van der Waals surface area contributed by atoms with Gasteiger partial charge in [-0.2, -0.15) is 5.01 Å². The van der Waals surface area contributed by atoms with Gasteiger partial charge in [-0.25, -0.2) is 4.39 Å². The third-order valence-corrected chi connectivity index (χ3v) is 5.50. The van der Waals surface area contributed by atoms with Crippen LogP contribution in [0.3, 0.4) is 0 Å². The van der Waals surface area contributed by atoms with Crippen LogP contribution in [0.4, 0.5) is 4.39 Å². The average Bonchev–Trinajstić information content (AvgIpc) is 3.25. The third kappa shape index (κ3) is 3.49. The van der Waals surface area contributed by atoms with Gasteiger partial charge in [0.1, 0.15) is 11.6 Å². The minimum absolute atomic E-state index is 0.112. The number of para-hydroxylation sites is 1. The number of hydrazine groups is 1. The third-order valence-electron chi connectivity index (χ3n) is 5.50.